The first-order valence-electron chi connectivity index (χ1n) is 8.70. The van der Waals surface area contributed by atoms with E-state index >= 15 is 0 Å². The lowest BCUT2D eigenvalue weighted by Crippen LogP contribution is -2.06. The van der Waals surface area contributed by atoms with E-state index in [-0.39, 0.29) is 12.2 Å². The van der Waals surface area contributed by atoms with E-state index in [2.05, 4.69) is 18.2 Å². The summed E-state index contributed by atoms with van der Waals surface area (Å²) in [5, 5.41) is 11.5. The Kier molecular flexibility index (Phi) is 5.86. The summed E-state index contributed by atoms with van der Waals surface area (Å²) in [6.07, 6.45) is 1.50. The van der Waals surface area contributed by atoms with Gasteiger partial charge in [0.25, 0.3) is 0 Å². The second-order valence-electron chi connectivity index (χ2n) is 5.86. The Morgan fingerprint density at radius 2 is 1.78 bits per heavy atom. The van der Waals surface area contributed by atoms with E-state index in [9.17, 15) is 10.1 Å². The molecule has 0 saturated heterocycles. The highest BCUT2D eigenvalue weighted by Crippen LogP contribution is 2.24. The van der Waals surface area contributed by atoms with Crippen LogP contribution in [0, 0.1) is 11.3 Å². The Morgan fingerprint density at radius 3 is 2.59 bits per heavy atom. The van der Waals surface area contributed by atoms with Crippen LogP contribution in [0.5, 0.6) is 5.75 Å². The van der Waals surface area contributed by atoms with Gasteiger partial charge >= 0.3 is 5.97 Å². The van der Waals surface area contributed by atoms with E-state index < -0.39 is 5.97 Å². The molecule has 0 aliphatic carbocycles. The van der Waals surface area contributed by atoms with Crippen molar-refractivity contribution in [2.24, 2.45) is 0 Å². The van der Waals surface area contributed by atoms with Crippen LogP contribution in [-0.4, -0.2) is 12.6 Å². The van der Waals surface area contributed by atoms with Crippen molar-refractivity contribution in [3.05, 3.63) is 83.4 Å². The molecule has 0 amide bonds. The van der Waals surface area contributed by atoms with Crippen LogP contribution in [0.4, 0.5) is 0 Å². The molecule has 3 aromatic rings. The van der Waals surface area contributed by atoms with Crippen LogP contribution in [0.3, 0.4) is 0 Å². The first-order chi connectivity index (χ1) is 13.2. The van der Waals surface area contributed by atoms with Gasteiger partial charge in [-0.3, -0.25) is 0 Å². The SMILES string of the molecule is CCOC(=O)/C(C#N)=C\c1ccccc1OCc1cccc2ccccc12. The predicted octanol–water partition coefficient (Wildman–Crippen LogP) is 4.89. The lowest BCUT2D eigenvalue weighted by Gasteiger charge is -2.11. The zero-order valence-corrected chi connectivity index (χ0v) is 15.0. The maximum absolute atomic E-state index is 11.9. The van der Waals surface area contributed by atoms with Crippen molar-refractivity contribution in [3.63, 3.8) is 0 Å². The summed E-state index contributed by atoms with van der Waals surface area (Å²) >= 11 is 0. The molecule has 0 bridgehead atoms. The van der Waals surface area contributed by atoms with Gasteiger partial charge in [-0.05, 0) is 35.4 Å². The van der Waals surface area contributed by atoms with Crippen molar-refractivity contribution >= 4 is 22.8 Å². The number of esters is 1. The molecule has 4 heteroatoms. The lowest BCUT2D eigenvalue weighted by molar-refractivity contribution is -0.137. The minimum Gasteiger partial charge on any atom is -0.488 e. The van der Waals surface area contributed by atoms with Crippen LogP contribution in [-0.2, 0) is 16.1 Å². The van der Waals surface area contributed by atoms with Crippen LogP contribution in [0.2, 0.25) is 0 Å². The highest BCUT2D eigenvalue weighted by atomic mass is 16.5. The Labute approximate surface area is 158 Å². The smallest absolute Gasteiger partial charge is 0.348 e. The molecule has 0 aromatic heterocycles. The molecule has 0 aliphatic heterocycles. The summed E-state index contributed by atoms with van der Waals surface area (Å²) in [7, 11) is 0. The van der Waals surface area contributed by atoms with Crippen molar-refractivity contribution in [3.8, 4) is 11.8 Å². The predicted molar refractivity (Wildman–Crippen MR) is 105 cm³/mol. The number of rotatable bonds is 6. The third kappa shape index (κ3) is 4.34. The number of hydrogen-bond acceptors (Lipinski definition) is 4. The van der Waals surface area contributed by atoms with Crippen LogP contribution in [0.1, 0.15) is 18.1 Å². The molecule has 0 unspecified atom stereocenters. The summed E-state index contributed by atoms with van der Waals surface area (Å²) in [4.78, 5) is 11.9. The number of benzene rings is 3. The number of ether oxygens (including phenoxy) is 2. The van der Waals surface area contributed by atoms with E-state index in [1.807, 2.05) is 48.5 Å². The highest BCUT2D eigenvalue weighted by molar-refractivity contribution is 5.98. The number of hydrogen-bond donors (Lipinski definition) is 0. The molecule has 0 aliphatic rings. The molecular weight excluding hydrogens is 338 g/mol. The van der Waals surface area contributed by atoms with Gasteiger partial charge in [0.2, 0.25) is 0 Å². The second-order valence-corrected chi connectivity index (χ2v) is 5.86. The van der Waals surface area contributed by atoms with Gasteiger partial charge in [-0.1, -0.05) is 60.7 Å². The molecule has 0 saturated carbocycles. The normalized spacial score (nSPS) is 11.0. The van der Waals surface area contributed by atoms with Crippen LogP contribution in [0.25, 0.3) is 16.8 Å². The van der Waals surface area contributed by atoms with E-state index in [0.29, 0.717) is 17.9 Å². The molecule has 0 radical (unpaired) electrons. The molecule has 3 rings (SSSR count). The minimum atomic E-state index is -0.635. The molecule has 0 heterocycles. The molecule has 0 N–H and O–H groups in total. The van der Waals surface area contributed by atoms with Gasteiger partial charge in [-0.25, -0.2) is 4.79 Å². The zero-order valence-electron chi connectivity index (χ0n) is 15.0. The number of carbonyl (C=O) groups is 1. The first-order valence-corrected chi connectivity index (χ1v) is 8.70. The number of carbonyl (C=O) groups excluding carboxylic acids is 1. The minimum absolute atomic E-state index is 0.0574. The average molecular weight is 357 g/mol. The van der Waals surface area contributed by atoms with Crippen LogP contribution >= 0.6 is 0 Å². The van der Waals surface area contributed by atoms with Crippen LogP contribution in [0.15, 0.2) is 72.3 Å². The third-order valence-electron chi connectivity index (χ3n) is 4.10. The molecule has 0 fully saturated rings. The summed E-state index contributed by atoms with van der Waals surface area (Å²) in [6.45, 7) is 2.30. The van der Waals surface area contributed by atoms with E-state index in [1.54, 1.807) is 13.0 Å². The van der Waals surface area contributed by atoms with Crippen molar-refractivity contribution in [2.75, 3.05) is 6.61 Å². The Balaban J connectivity index is 1.86. The third-order valence-corrected chi connectivity index (χ3v) is 4.10. The van der Waals surface area contributed by atoms with Crippen molar-refractivity contribution in [2.45, 2.75) is 13.5 Å². The average Bonchev–Trinajstić information content (AvgIpc) is 2.71. The fraction of sp³-hybridized carbons (Fsp3) is 0.130. The largest absolute Gasteiger partial charge is 0.488 e. The first kappa shape index (κ1) is 18.2. The highest BCUT2D eigenvalue weighted by Gasteiger charge is 2.12. The summed E-state index contributed by atoms with van der Waals surface area (Å²) in [5.74, 6) is -0.0358. The fourth-order valence-electron chi connectivity index (χ4n) is 2.81. The molecule has 0 atom stereocenters. The van der Waals surface area contributed by atoms with E-state index in [4.69, 9.17) is 9.47 Å². The molecule has 27 heavy (non-hydrogen) atoms. The molecule has 134 valence electrons. The standard InChI is InChI=1S/C23H19NO3/c1-2-26-23(25)20(15-24)14-18-9-4-6-13-22(18)27-16-19-11-7-10-17-8-3-5-12-21(17)19/h3-14H,2,16H2,1H3/b20-14-. The van der Waals surface area contributed by atoms with Crippen LogP contribution < -0.4 is 4.74 Å². The molecule has 4 nitrogen and oxygen atoms in total. The second kappa shape index (κ2) is 8.68. The van der Waals surface area contributed by atoms with Gasteiger partial charge in [-0.15, -0.1) is 0 Å². The van der Waals surface area contributed by atoms with Gasteiger partial charge < -0.3 is 9.47 Å². The monoisotopic (exact) mass is 357 g/mol. The summed E-state index contributed by atoms with van der Waals surface area (Å²) in [5.41, 5.74) is 1.66. The number of para-hydroxylation sites is 1. The summed E-state index contributed by atoms with van der Waals surface area (Å²) < 4.78 is 10.9. The van der Waals surface area contributed by atoms with E-state index in [1.165, 1.54) is 6.08 Å². The Morgan fingerprint density at radius 1 is 1.04 bits per heavy atom. The summed E-state index contributed by atoms with van der Waals surface area (Å²) in [6, 6.07) is 23.4. The maximum atomic E-state index is 11.9. The van der Waals surface area contributed by atoms with Gasteiger partial charge in [0.15, 0.2) is 0 Å². The number of fused-ring (bicyclic) bond motifs is 1. The van der Waals surface area contributed by atoms with Gasteiger partial charge in [0, 0.05) is 5.56 Å². The van der Waals surface area contributed by atoms with Crippen molar-refractivity contribution in [1.82, 2.24) is 0 Å². The zero-order chi connectivity index (χ0) is 19.1. The Hall–Kier alpha value is -3.58. The topological polar surface area (TPSA) is 59.3 Å². The molecule has 3 aromatic carbocycles. The maximum Gasteiger partial charge on any atom is 0.348 e. The quantitative estimate of drug-likeness (QED) is 0.358. The number of nitrogens with zero attached hydrogens (tertiary/aromatic N) is 1. The van der Waals surface area contributed by atoms with Gasteiger partial charge in [0.05, 0.1) is 6.61 Å². The fourth-order valence-corrected chi connectivity index (χ4v) is 2.81. The van der Waals surface area contributed by atoms with Crippen molar-refractivity contribution in [1.29, 1.82) is 5.26 Å². The Bertz CT molecular complexity index is 1030. The van der Waals surface area contributed by atoms with Gasteiger partial charge in [-0.2, -0.15) is 5.26 Å². The molecule has 0 spiro atoms. The number of nitriles is 1. The van der Waals surface area contributed by atoms with E-state index in [0.717, 1.165) is 16.3 Å². The lowest BCUT2D eigenvalue weighted by atomic mass is 10.1. The van der Waals surface area contributed by atoms with Gasteiger partial charge in [0.1, 0.15) is 24.0 Å². The molecular formula is C23H19NO3. The van der Waals surface area contributed by atoms with Crippen molar-refractivity contribution < 1.29 is 14.3 Å².